The summed E-state index contributed by atoms with van der Waals surface area (Å²) in [5.74, 6) is -2.66. The van der Waals surface area contributed by atoms with Gasteiger partial charge in [0, 0.05) is 28.6 Å². The van der Waals surface area contributed by atoms with Crippen molar-refractivity contribution in [3.8, 4) is 17.2 Å². The fourth-order valence-electron chi connectivity index (χ4n) is 5.61. The molecule has 2 N–H and O–H groups in total. The molecule has 3 aromatic carbocycles. The number of aromatic nitrogens is 1. The van der Waals surface area contributed by atoms with E-state index < -0.39 is 44.6 Å². The minimum Gasteiger partial charge on any atom is -0.504 e. The number of thioether (sulfide) groups is 1. The highest BCUT2D eigenvalue weighted by molar-refractivity contribution is 8.00. The van der Waals surface area contributed by atoms with Gasteiger partial charge in [-0.25, -0.2) is 4.90 Å². The van der Waals surface area contributed by atoms with E-state index in [0.717, 1.165) is 28.0 Å². The number of non-ortho nitro benzene ring substituents is 1. The molecule has 3 unspecified atom stereocenters. The van der Waals surface area contributed by atoms with E-state index in [4.69, 9.17) is 9.47 Å². The van der Waals surface area contributed by atoms with Crippen LogP contribution in [0.3, 0.4) is 0 Å². The summed E-state index contributed by atoms with van der Waals surface area (Å²) in [5.41, 5.74) is 1.01. The first-order chi connectivity index (χ1) is 22.1. The van der Waals surface area contributed by atoms with Crippen LogP contribution in [0.15, 0.2) is 76.6 Å². The normalized spacial score (nSPS) is 18.6. The largest absolute Gasteiger partial charge is 0.504 e. The molecule has 15 heteroatoms. The number of hydrogen-bond acceptors (Lipinski definition) is 11. The van der Waals surface area contributed by atoms with Crippen molar-refractivity contribution in [2.24, 2.45) is 5.92 Å². The van der Waals surface area contributed by atoms with E-state index in [2.05, 4.69) is 5.32 Å². The van der Waals surface area contributed by atoms with E-state index in [0.29, 0.717) is 26.9 Å². The maximum absolute atomic E-state index is 14.1. The van der Waals surface area contributed by atoms with Gasteiger partial charge >= 0.3 is 4.87 Å². The first-order valence-corrected chi connectivity index (χ1v) is 15.7. The third-order valence-electron chi connectivity index (χ3n) is 7.69. The number of nitro benzene ring substituents is 1. The van der Waals surface area contributed by atoms with Gasteiger partial charge in [-0.2, -0.15) is 0 Å². The highest BCUT2D eigenvalue weighted by Gasteiger charge is 2.57. The molecule has 3 atom stereocenters. The van der Waals surface area contributed by atoms with Gasteiger partial charge in [-0.05, 0) is 61.0 Å². The first-order valence-electron chi connectivity index (χ1n) is 14.0. The fraction of sp³-hybridized carbons (Fsp3) is 0.226. The number of anilines is 2. The van der Waals surface area contributed by atoms with Crippen molar-refractivity contribution in [2.75, 3.05) is 23.9 Å². The van der Waals surface area contributed by atoms with Crippen molar-refractivity contribution in [2.45, 2.75) is 29.7 Å². The van der Waals surface area contributed by atoms with Crippen molar-refractivity contribution < 1.29 is 33.9 Å². The first kappa shape index (κ1) is 30.9. The van der Waals surface area contributed by atoms with Crippen LogP contribution in [0.1, 0.15) is 23.3 Å². The number of amides is 3. The molecule has 0 radical (unpaired) electrons. The lowest BCUT2D eigenvalue weighted by atomic mass is 9.83. The predicted molar refractivity (Wildman–Crippen MR) is 170 cm³/mol. The van der Waals surface area contributed by atoms with Gasteiger partial charge in [0.15, 0.2) is 11.5 Å². The zero-order valence-electron chi connectivity index (χ0n) is 24.4. The monoisotopic (exact) mass is 662 g/mol. The summed E-state index contributed by atoms with van der Waals surface area (Å²) in [6.45, 7) is 1.66. The van der Waals surface area contributed by atoms with E-state index in [-0.39, 0.29) is 36.0 Å². The predicted octanol–water partition coefficient (Wildman–Crippen LogP) is 4.37. The van der Waals surface area contributed by atoms with Gasteiger partial charge in [0.05, 0.1) is 35.3 Å². The number of nitrogens with one attached hydrogen (secondary N) is 1. The van der Waals surface area contributed by atoms with E-state index >= 15 is 0 Å². The van der Waals surface area contributed by atoms with Crippen LogP contribution in [0.5, 0.6) is 17.2 Å². The summed E-state index contributed by atoms with van der Waals surface area (Å²) >= 11 is 1.92. The number of nitrogens with zero attached hydrogens (tertiary/aromatic N) is 3. The molecule has 13 nitrogen and oxygen atoms in total. The summed E-state index contributed by atoms with van der Waals surface area (Å²) in [7, 11) is 1.53. The number of rotatable bonds is 9. The van der Waals surface area contributed by atoms with Crippen molar-refractivity contribution in [3.05, 3.63) is 97.0 Å². The van der Waals surface area contributed by atoms with Crippen LogP contribution in [0.4, 0.5) is 17.1 Å². The number of benzene rings is 3. The molecule has 0 bridgehead atoms. The van der Waals surface area contributed by atoms with Gasteiger partial charge in [-0.1, -0.05) is 29.2 Å². The number of ether oxygens (including phenoxy) is 2. The molecule has 1 aromatic heterocycles. The number of carbonyl (C=O) groups excluding carboxylic acids is 3. The maximum Gasteiger partial charge on any atom is 0.308 e. The molecule has 1 saturated heterocycles. The zero-order valence-corrected chi connectivity index (χ0v) is 26.0. The Hall–Kier alpha value is -5.15. The van der Waals surface area contributed by atoms with Gasteiger partial charge in [-0.3, -0.25) is 33.9 Å². The quantitative estimate of drug-likeness (QED) is 0.149. The zero-order chi connectivity index (χ0) is 32.7. The Kier molecular flexibility index (Phi) is 8.27. The van der Waals surface area contributed by atoms with Gasteiger partial charge in [-0.15, -0.1) is 0 Å². The number of imide groups is 1. The highest BCUT2D eigenvalue weighted by Crippen LogP contribution is 2.54. The number of methoxy groups -OCH3 is 1. The summed E-state index contributed by atoms with van der Waals surface area (Å²) in [6, 6.07) is 16.4. The summed E-state index contributed by atoms with van der Waals surface area (Å²) in [4.78, 5) is 66.2. The lowest BCUT2D eigenvalue weighted by Crippen LogP contribution is -2.33. The SMILES string of the molecule is CCOc1cc(C2c3sc(=O)n(CC(=O)Nc4ccc(OC)cc4)c3SC3C(=O)N(c4ccc([N+](=O)[O-])cc4)C(=O)C32)ccc1O. The molecule has 236 valence electrons. The number of nitro groups is 1. The van der Waals surface area contributed by atoms with E-state index in [1.807, 2.05) is 0 Å². The van der Waals surface area contributed by atoms with Crippen molar-refractivity contribution in [1.29, 1.82) is 0 Å². The number of thiazole rings is 1. The Morgan fingerprint density at radius 2 is 1.76 bits per heavy atom. The van der Waals surface area contributed by atoms with Crippen LogP contribution < -0.4 is 24.6 Å². The minimum absolute atomic E-state index is 0.116. The minimum atomic E-state index is -0.977. The summed E-state index contributed by atoms with van der Waals surface area (Å²) in [6.07, 6.45) is 0. The molecule has 2 aliphatic heterocycles. The van der Waals surface area contributed by atoms with Crippen LogP contribution in [0, 0.1) is 16.0 Å². The molecule has 2 aliphatic rings. The molecule has 0 aliphatic carbocycles. The van der Waals surface area contributed by atoms with Crippen molar-refractivity contribution in [1.82, 2.24) is 4.57 Å². The molecule has 0 spiro atoms. The average Bonchev–Trinajstić information content (AvgIpc) is 3.48. The lowest BCUT2D eigenvalue weighted by Gasteiger charge is -2.31. The lowest BCUT2D eigenvalue weighted by molar-refractivity contribution is -0.384. The third kappa shape index (κ3) is 5.47. The van der Waals surface area contributed by atoms with E-state index in [1.54, 1.807) is 43.3 Å². The number of aromatic hydroxyl groups is 1. The second-order valence-electron chi connectivity index (χ2n) is 10.4. The van der Waals surface area contributed by atoms with E-state index in [9.17, 15) is 34.4 Å². The van der Waals surface area contributed by atoms with Gasteiger partial charge in [0.2, 0.25) is 17.7 Å². The summed E-state index contributed by atoms with van der Waals surface area (Å²) in [5, 5.41) is 23.7. The van der Waals surface area contributed by atoms with Crippen LogP contribution >= 0.6 is 23.1 Å². The van der Waals surface area contributed by atoms with Gasteiger partial charge < -0.3 is 19.9 Å². The van der Waals surface area contributed by atoms with E-state index in [1.165, 1.54) is 42.0 Å². The standard InChI is InChI=1S/C31H26N4O9S2/c1-3-44-22-14-16(4-13-21(22)36)24-25-26(29(39)34(28(25)38)18-7-9-19(10-8-18)35(41)42)45-30-27(24)46-31(40)33(30)15-23(37)32-17-5-11-20(43-2)12-6-17/h4-14,24-26,36H,3,15H2,1-2H3,(H,32,37). The topological polar surface area (TPSA) is 170 Å². The summed E-state index contributed by atoms with van der Waals surface area (Å²) < 4.78 is 12.0. The van der Waals surface area contributed by atoms with Gasteiger partial charge in [0.25, 0.3) is 5.69 Å². The molecule has 4 aromatic rings. The average molecular weight is 663 g/mol. The molecular weight excluding hydrogens is 636 g/mol. The number of hydrogen-bond donors (Lipinski definition) is 2. The van der Waals surface area contributed by atoms with Crippen LogP contribution in [0.2, 0.25) is 0 Å². The highest BCUT2D eigenvalue weighted by atomic mass is 32.2. The molecule has 0 saturated carbocycles. The number of fused-ring (bicyclic) bond motifs is 2. The Bertz CT molecular complexity index is 1920. The Balaban J connectivity index is 1.41. The smallest absolute Gasteiger partial charge is 0.308 e. The van der Waals surface area contributed by atoms with Crippen LogP contribution in [-0.4, -0.2) is 51.3 Å². The van der Waals surface area contributed by atoms with Gasteiger partial charge in [0.1, 0.15) is 17.5 Å². The van der Waals surface area contributed by atoms with Crippen LogP contribution in [-0.2, 0) is 20.9 Å². The molecule has 6 rings (SSSR count). The van der Waals surface area contributed by atoms with Crippen molar-refractivity contribution in [3.63, 3.8) is 0 Å². The Labute approximate surface area is 269 Å². The Morgan fingerprint density at radius 1 is 1.04 bits per heavy atom. The maximum atomic E-state index is 14.1. The third-order valence-corrected chi connectivity index (χ3v) is 10.3. The second kappa shape index (κ2) is 12.3. The number of carbonyl (C=O) groups is 3. The molecule has 3 heterocycles. The Morgan fingerprint density at radius 3 is 2.41 bits per heavy atom. The molecule has 3 amide bonds. The second-order valence-corrected chi connectivity index (χ2v) is 12.5. The molecule has 46 heavy (non-hydrogen) atoms. The van der Waals surface area contributed by atoms with Crippen molar-refractivity contribution >= 4 is 57.9 Å². The number of phenols is 1. The fourth-order valence-corrected chi connectivity index (χ4v) is 8.38. The number of phenolic OH excluding ortho intramolecular Hbond substituents is 1. The molecular formula is C31H26N4O9S2. The molecule has 1 fully saturated rings. The van der Waals surface area contributed by atoms with Crippen LogP contribution in [0.25, 0.3) is 0 Å².